The Morgan fingerprint density at radius 2 is 2.29 bits per heavy atom. The van der Waals surface area contributed by atoms with Crippen molar-refractivity contribution >= 4 is 35.0 Å². The van der Waals surface area contributed by atoms with Crippen LogP contribution in [0.1, 0.15) is 27.0 Å². The predicted molar refractivity (Wildman–Crippen MR) is 68.7 cm³/mol. The largest absolute Gasteiger partial charge is 0.480 e. The van der Waals surface area contributed by atoms with E-state index in [2.05, 4.69) is 5.32 Å². The summed E-state index contributed by atoms with van der Waals surface area (Å²) in [6.45, 7) is 1.46. The smallest absolute Gasteiger partial charge is 0.325 e. The van der Waals surface area contributed by atoms with Crippen LogP contribution in [0, 0.1) is 0 Å². The Kier molecular flexibility index (Phi) is 3.73. The number of hydrogen-bond donors (Lipinski definition) is 2. The first-order valence-corrected chi connectivity index (χ1v) is 7.28. The molecule has 1 atom stereocenters. The number of fused-ring (bicyclic) bond motifs is 1. The first-order chi connectivity index (χ1) is 8.08. The maximum Gasteiger partial charge on any atom is 0.325 e. The van der Waals surface area contributed by atoms with Gasteiger partial charge in [-0.05, 0) is 30.7 Å². The second-order valence-corrected chi connectivity index (χ2v) is 6.14. The molecule has 17 heavy (non-hydrogen) atoms. The van der Waals surface area contributed by atoms with Gasteiger partial charge in [-0.3, -0.25) is 9.59 Å². The monoisotopic (exact) mass is 271 g/mol. The van der Waals surface area contributed by atoms with Gasteiger partial charge in [-0.25, -0.2) is 0 Å². The molecule has 0 spiro atoms. The van der Waals surface area contributed by atoms with Gasteiger partial charge in [0.15, 0.2) is 0 Å². The molecule has 2 N–H and O–H groups in total. The van der Waals surface area contributed by atoms with Gasteiger partial charge in [-0.15, -0.1) is 11.3 Å². The minimum absolute atomic E-state index is 0.288. The molecule has 0 bridgehead atoms. The highest BCUT2D eigenvalue weighted by molar-refractivity contribution is 7.98. The number of carboxylic acids is 1. The molecule has 2 heterocycles. The number of aryl methyl sites for hydroxylation is 1. The number of amides is 1. The number of rotatable bonds is 3. The molecule has 0 saturated heterocycles. The van der Waals surface area contributed by atoms with Crippen molar-refractivity contribution in [1.29, 1.82) is 0 Å². The predicted octanol–water partition coefficient (Wildman–Crippen LogP) is 1.74. The number of aliphatic carboxylic acids is 1. The van der Waals surface area contributed by atoms with Crippen LogP contribution in [0.15, 0.2) is 6.07 Å². The van der Waals surface area contributed by atoms with Crippen molar-refractivity contribution in [1.82, 2.24) is 5.32 Å². The molecule has 2 rings (SSSR count). The molecule has 0 aliphatic carbocycles. The Bertz CT molecular complexity index is 432. The van der Waals surface area contributed by atoms with Crippen molar-refractivity contribution in [2.45, 2.75) is 25.1 Å². The van der Waals surface area contributed by atoms with Gasteiger partial charge in [0.2, 0.25) is 0 Å². The lowest BCUT2D eigenvalue weighted by atomic mass is 10.2. The maximum atomic E-state index is 11.8. The molecule has 4 nitrogen and oxygen atoms in total. The van der Waals surface area contributed by atoms with Crippen LogP contribution < -0.4 is 5.32 Å². The minimum Gasteiger partial charge on any atom is -0.480 e. The molecular weight excluding hydrogens is 258 g/mol. The Morgan fingerprint density at radius 3 is 2.94 bits per heavy atom. The van der Waals surface area contributed by atoms with Crippen molar-refractivity contribution in [2.24, 2.45) is 0 Å². The number of carbonyl (C=O) groups is 2. The normalized spacial score (nSPS) is 16.1. The van der Waals surface area contributed by atoms with E-state index in [1.165, 1.54) is 28.7 Å². The van der Waals surface area contributed by atoms with E-state index in [1.807, 2.05) is 17.8 Å². The van der Waals surface area contributed by atoms with Crippen LogP contribution in [-0.4, -0.2) is 28.8 Å². The van der Waals surface area contributed by atoms with Crippen LogP contribution in [-0.2, 0) is 17.0 Å². The van der Waals surface area contributed by atoms with E-state index in [0.29, 0.717) is 4.88 Å². The topological polar surface area (TPSA) is 66.4 Å². The zero-order valence-electron chi connectivity index (χ0n) is 9.36. The zero-order valence-corrected chi connectivity index (χ0v) is 11.0. The molecular formula is C11H13NO3S2. The summed E-state index contributed by atoms with van der Waals surface area (Å²) in [6.07, 6.45) is 1.01. The van der Waals surface area contributed by atoms with Gasteiger partial charge in [0, 0.05) is 10.6 Å². The highest BCUT2D eigenvalue weighted by atomic mass is 32.2. The maximum absolute atomic E-state index is 11.8. The van der Waals surface area contributed by atoms with Crippen LogP contribution in [0.3, 0.4) is 0 Å². The van der Waals surface area contributed by atoms with Crippen molar-refractivity contribution in [3.8, 4) is 0 Å². The van der Waals surface area contributed by atoms with Crippen molar-refractivity contribution < 1.29 is 14.7 Å². The summed E-state index contributed by atoms with van der Waals surface area (Å²) in [7, 11) is 0. The van der Waals surface area contributed by atoms with Gasteiger partial charge in [0.25, 0.3) is 5.91 Å². The minimum atomic E-state index is -1.02. The lowest BCUT2D eigenvalue weighted by Crippen LogP contribution is -2.37. The third-order valence-corrected chi connectivity index (χ3v) is 4.81. The molecule has 1 aromatic heterocycles. The molecule has 0 saturated carbocycles. The fourth-order valence-electron chi connectivity index (χ4n) is 1.59. The van der Waals surface area contributed by atoms with Gasteiger partial charge in [0.1, 0.15) is 6.04 Å². The quantitative estimate of drug-likeness (QED) is 0.879. The molecule has 0 aromatic carbocycles. The summed E-state index contributed by atoms with van der Waals surface area (Å²) in [4.78, 5) is 24.3. The average Bonchev–Trinajstić information content (AvgIpc) is 2.72. The lowest BCUT2D eigenvalue weighted by Gasteiger charge is -2.08. The average molecular weight is 271 g/mol. The highest BCUT2D eigenvalue weighted by Gasteiger charge is 2.20. The summed E-state index contributed by atoms with van der Waals surface area (Å²) in [5.41, 5.74) is 1.22. The Labute approximate surface area is 107 Å². The first-order valence-electron chi connectivity index (χ1n) is 5.31. The van der Waals surface area contributed by atoms with Crippen LogP contribution >= 0.6 is 23.1 Å². The highest BCUT2D eigenvalue weighted by Crippen LogP contribution is 2.31. The van der Waals surface area contributed by atoms with E-state index in [9.17, 15) is 9.59 Å². The molecule has 0 unspecified atom stereocenters. The van der Waals surface area contributed by atoms with E-state index in [0.717, 1.165) is 17.9 Å². The number of carbonyl (C=O) groups excluding carboxylic acids is 1. The molecule has 0 fully saturated rings. The fourth-order valence-corrected chi connectivity index (χ4v) is 3.86. The second kappa shape index (κ2) is 5.10. The van der Waals surface area contributed by atoms with Gasteiger partial charge in [-0.2, -0.15) is 11.8 Å². The Hall–Kier alpha value is -1.01. The van der Waals surface area contributed by atoms with Crippen LogP contribution in [0.4, 0.5) is 0 Å². The molecule has 1 amide bonds. The summed E-state index contributed by atoms with van der Waals surface area (Å²) in [6, 6.07) is 1.03. The van der Waals surface area contributed by atoms with E-state index >= 15 is 0 Å². The van der Waals surface area contributed by atoms with Gasteiger partial charge in [-0.1, -0.05) is 0 Å². The second-order valence-electron chi connectivity index (χ2n) is 3.90. The van der Waals surface area contributed by atoms with E-state index in [4.69, 9.17) is 5.11 Å². The SMILES string of the molecule is C[C@@H](NC(=O)c1cc2c(s1)CCSC2)C(=O)O. The molecule has 1 aliphatic heterocycles. The molecule has 1 aliphatic rings. The number of carboxylic acid groups (broad SMARTS) is 1. The van der Waals surface area contributed by atoms with Crippen LogP contribution in [0.5, 0.6) is 0 Å². The molecule has 1 aromatic rings. The summed E-state index contributed by atoms with van der Waals surface area (Å²) in [5.74, 6) is 0.743. The standard InChI is InChI=1S/C11H13NO3S2/c1-6(11(14)15)12-10(13)9-4-7-5-16-3-2-8(7)17-9/h4,6H,2-3,5H2,1H3,(H,12,13)(H,14,15)/t6-/m1/s1. The van der Waals surface area contributed by atoms with Crippen molar-refractivity contribution in [2.75, 3.05) is 5.75 Å². The number of thiophene rings is 1. The fraction of sp³-hybridized carbons (Fsp3) is 0.455. The third kappa shape index (κ3) is 2.81. The number of hydrogen-bond acceptors (Lipinski definition) is 4. The van der Waals surface area contributed by atoms with Gasteiger partial charge < -0.3 is 10.4 Å². The first kappa shape index (κ1) is 12.4. The third-order valence-electron chi connectivity index (χ3n) is 2.57. The van der Waals surface area contributed by atoms with Crippen molar-refractivity contribution in [3.05, 3.63) is 21.4 Å². The molecule has 0 radical (unpaired) electrons. The summed E-state index contributed by atoms with van der Waals surface area (Å²) in [5, 5.41) is 11.2. The van der Waals surface area contributed by atoms with Crippen LogP contribution in [0.25, 0.3) is 0 Å². The Morgan fingerprint density at radius 1 is 1.53 bits per heavy atom. The van der Waals surface area contributed by atoms with E-state index in [1.54, 1.807) is 0 Å². The van der Waals surface area contributed by atoms with Crippen molar-refractivity contribution in [3.63, 3.8) is 0 Å². The van der Waals surface area contributed by atoms with Gasteiger partial charge >= 0.3 is 5.97 Å². The molecule has 92 valence electrons. The van der Waals surface area contributed by atoms with Gasteiger partial charge in [0.05, 0.1) is 4.88 Å². The number of thioether (sulfide) groups is 1. The summed E-state index contributed by atoms with van der Waals surface area (Å²) < 4.78 is 0. The summed E-state index contributed by atoms with van der Waals surface area (Å²) >= 11 is 3.34. The van der Waals surface area contributed by atoms with Crippen LogP contribution in [0.2, 0.25) is 0 Å². The Balaban J connectivity index is 2.09. The zero-order chi connectivity index (χ0) is 12.4. The lowest BCUT2D eigenvalue weighted by molar-refractivity contribution is -0.138. The van der Waals surface area contributed by atoms with E-state index in [-0.39, 0.29) is 5.91 Å². The molecule has 6 heteroatoms. The number of nitrogens with one attached hydrogen (secondary N) is 1. The van der Waals surface area contributed by atoms with E-state index < -0.39 is 12.0 Å².